The Morgan fingerprint density at radius 3 is 2.62 bits per heavy atom. The number of carbonyl (C=O) groups is 2. The first-order chi connectivity index (χ1) is 16.6. The highest BCUT2D eigenvalue weighted by Crippen LogP contribution is 2.39. The quantitative estimate of drug-likeness (QED) is 0.634. The van der Waals surface area contributed by atoms with Gasteiger partial charge >= 0.3 is 0 Å². The molecule has 3 aliphatic heterocycles. The normalized spacial score (nSPS) is 19.1. The molecule has 8 nitrogen and oxygen atoms in total. The fourth-order valence-corrected chi connectivity index (χ4v) is 4.79. The topological polar surface area (TPSA) is 87.7 Å². The highest BCUT2D eigenvalue weighted by molar-refractivity contribution is 5.98. The second-order valence-corrected chi connectivity index (χ2v) is 8.69. The number of nitrogens with one attached hydrogen (secondary N) is 1. The minimum atomic E-state index is -0.424. The van der Waals surface area contributed by atoms with E-state index in [1.807, 2.05) is 12.1 Å². The molecular formula is C25H22FN5O3. The van der Waals surface area contributed by atoms with Gasteiger partial charge in [0, 0.05) is 31.1 Å². The van der Waals surface area contributed by atoms with Crippen molar-refractivity contribution in [1.82, 2.24) is 9.97 Å². The average Bonchev–Trinajstić information content (AvgIpc) is 3.45. The molecule has 2 fully saturated rings. The highest BCUT2D eigenvalue weighted by Gasteiger charge is 2.38. The van der Waals surface area contributed by atoms with Crippen LogP contribution < -0.4 is 19.9 Å². The lowest BCUT2D eigenvalue weighted by Gasteiger charge is -2.31. The second-order valence-electron chi connectivity index (χ2n) is 8.69. The molecule has 5 heterocycles. The number of rotatable bonds is 4. The fourth-order valence-electron chi connectivity index (χ4n) is 4.79. The van der Waals surface area contributed by atoms with Gasteiger partial charge in [-0.3, -0.25) is 9.59 Å². The van der Waals surface area contributed by atoms with E-state index < -0.39 is 5.82 Å². The summed E-state index contributed by atoms with van der Waals surface area (Å²) in [5.74, 6) is 0.666. The first-order valence-corrected chi connectivity index (χ1v) is 11.3. The van der Waals surface area contributed by atoms with Gasteiger partial charge in [0.25, 0.3) is 0 Å². The van der Waals surface area contributed by atoms with Crippen LogP contribution in [0.3, 0.4) is 0 Å². The maximum absolute atomic E-state index is 14.7. The van der Waals surface area contributed by atoms with E-state index in [4.69, 9.17) is 4.74 Å². The zero-order valence-corrected chi connectivity index (χ0v) is 18.3. The molecule has 172 valence electrons. The first kappa shape index (κ1) is 20.6. The summed E-state index contributed by atoms with van der Waals surface area (Å²) in [7, 11) is 0. The minimum Gasteiger partial charge on any atom is -0.474 e. The summed E-state index contributed by atoms with van der Waals surface area (Å²) in [6, 6.07) is 10.4. The molecule has 0 bridgehead atoms. The van der Waals surface area contributed by atoms with Gasteiger partial charge in [0.05, 0.1) is 23.6 Å². The van der Waals surface area contributed by atoms with Crippen LogP contribution in [0.4, 0.5) is 27.3 Å². The van der Waals surface area contributed by atoms with Crippen molar-refractivity contribution in [2.45, 2.75) is 31.7 Å². The number of nitrogens with zero attached hydrogens (tertiary/aromatic N) is 4. The lowest BCUT2D eigenvalue weighted by atomic mass is 10.1. The van der Waals surface area contributed by atoms with Gasteiger partial charge in [0.1, 0.15) is 23.9 Å². The number of pyridine rings is 2. The molecule has 34 heavy (non-hydrogen) atoms. The number of hydrogen-bond acceptors (Lipinski definition) is 6. The van der Waals surface area contributed by atoms with E-state index in [2.05, 4.69) is 15.3 Å². The Hall–Kier alpha value is -4.01. The third kappa shape index (κ3) is 3.53. The molecule has 6 rings (SSSR count). The molecule has 3 aromatic rings. The van der Waals surface area contributed by atoms with Gasteiger partial charge in [-0.1, -0.05) is 6.07 Å². The number of ether oxygens (including phenoxy) is 1. The number of benzene rings is 1. The van der Waals surface area contributed by atoms with Crippen molar-refractivity contribution in [3.63, 3.8) is 0 Å². The molecule has 1 atom stereocenters. The summed E-state index contributed by atoms with van der Waals surface area (Å²) >= 11 is 0. The number of amides is 2. The third-order valence-corrected chi connectivity index (χ3v) is 6.51. The summed E-state index contributed by atoms with van der Waals surface area (Å²) in [6.45, 7) is 1.02. The number of fused-ring (bicyclic) bond motifs is 3. The fraction of sp³-hybridized carbons (Fsp3) is 0.280. The van der Waals surface area contributed by atoms with Gasteiger partial charge in [-0.2, -0.15) is 0 Å². The zero-order valence-electron chi connectivity index (χ0n) is 18.3. The Balaban J connectivity index is 1.20. The van der Waals surface area contributed by atoms with Crippen LogP contribution in [-0.2, 0) is 9.59 Å². The van der Waals surface area contributed by atoms with Gasteiger partial charge in [0.15, 0.2) is 0 Å². The van der Waals surface area contributed by atoms with Crippen LogP contribution >= 0.6 is 0 Å². The van der Waals surface area contributed by atoms with Gasteiger partial charge < -0.3 is 19.9 Å². The number of carbonyl (C=O) groups excluding carboxylic acids is 2. The summed E-state index contributed by atoms with van der Waals surface area (Å²) in [6.07, 6.45) is 5.82. The number of anilines is 4. The molecule has 0 spiro atoms. The number of hydrogen-bond donors (Lipinski definition) is 1. The second kappa shape index (κ2) is 8.09. The maximum atomic E-state index is 14.7. The van der Waals surface area contributed by atoms with E-state index >= 15 is 0 Å². The molecule has 2 saturated heterocycles. The van der Waals surface area contributed by atoms with Crippen LogP contribution in [0.1, 0.15) is 25.7 Å². The Bertz CT molecular complexity index is 1300. The van der Waals surface area contributed by atoms with Crippen LogP contribution in [0.25, 0.3) is 11.1 Å². The van der Waals surface area contributed by atoms with Crippen LogP contribution in [0, 0.1) is 5.82 Å². The van der Waals surface area contributed by atoms with Crippen molar-refractivity contribution in [2.75, 3.05) is 28.3 Å². The summed E-state index contributed by atoms with van der Waals surface area (Å²) in [5.41, 5.74) is 3.12. The summed E-state index contributed by atoms with van der Waals surface area (Å²) < 4.78 is 20.4. The largest absolute Gasteiger partial charge is 0.474 e. The van der Waals surface area contributed by atoms with Crippen molar-refractivity contribution in [2.24, 2.45) is 0 Å². The zero-order chi connectivity index (χ0) is 23.2. The Morgan fingerprint density at radius 2 is 1.85 bits per heavy atom. The van der Waals surface area contributed by atoms with Crippen molar-refractivity contribution in [3.8, 4) is 17.0 Å². The molecule has 0 radical (unpaired) electrons. The smallest absolute Gasteiger partial charge is 0.238 e. The predicted octanol–water partition coefficient (Wildman–Crippen LogP) is 4.04. The van der Waals surface area contributed by atoms with E-state index in [9.17, 15) is 14.0 Å². The Morgan fingerprint density at radius 1 is 0.971 bits per heavy atom. The van der Waals surface area contributed by atoms with Gasteiger partial charge in [-0.05, 0) is 48.7 Å². The van der Waals surface area contributed by atoms with Gasteiger partial charge in [0.2, 0.25) is 17.7 Å². The first-order valence-electron chi connectivity index (χ1n) is 11.3. The van der Waals surface area contributed by atoms with Crippen molar-refractivity contribution in [1.29, 1.82) is 0 Å². The van der Waals surface area contributed by atoms with Crippen LogP contribution in [0.2, 0.25) is 0 Å². The maximum Gasteiger partial charge on any atom is 0.238 e. The molecule has 1 N–H and O–H groups in total. The SMILES string of the molecule is O=C1CCCN1c1ccc(-c2ccc(Nc3cnc4c(c3)N3C(=O)CC[C@H]3CO4)nc2)cc1F. The van der Waals surface area contributed by atoms with E-state index in [0.717, 1.165) is 18.4 Å². The van der Waals surface area contributed by atoms with Crippen molar-refractivity contribution in [3.05, 3.63) is 54.6 Å². The van der Waals surface area contributed by atoms with E-state index in [1.54, 1.807) is 35.5 Å². The molecule has 0 saturated carbocycles. The molecule has 2 amide bonds. The number of halogens is 1. The third-order valence-electron chi connectivity index (χ3n) is 6.51. The van der Waals surface area contributed by atoms with E-state index in [-0.39, 0.29) is 17.9 Å². The van der Waals surface area contributed by atoms with Crippen LogP contribution in [0.15, 0.2) is 48.8 Å². The molecule has 2 aromatic heterocycles. The standard InChI is InChI=1S/C25H22FN5O3/c26-19-10-15(3-6-20(19)30-9-1-2-23(30)32)16-4-7-22(27-12-16)29-17-11-21-25(28-13-17)34-14-18-5-8-24(33)31(18)21/h3-4,6-7,10-13,18H,1-2,5,8-9,14H2,(H,27,29)/t18-/m0/s1. The van der Waals surface area contributed by atoms with Gasteiger partial charge in [-0.15, -0.1) is 0 Å². The summed E-state index contributed by atoms with van der Waals surface area (Å²) in [5, 5.41) is 3.20. The van der Waals surface area contributed by atoms with Crippen molar-refractivity contribution >= 4 is 34.7 Å². The van der Waals surface area contributed by atoms with Crippen LogP contribution in [0.5, 0.6) is 5.88 Å². The molecular weight excluding hydrogens is 437 g/mol. The van der Waals surface area contributed by atoms with E-state index in [1.165, 1.54) is 11.0 Å². The highest BCUT2D eigenvalue weighted by atomic mass is 19.1. The van der Waals surface area contributed by atoms with E-state index in [0.29, 0.717) is 60.3 Å². The lowest BCUT2D eigenvalue weighted by molar-refractivity contribution is -0.118. The molecule has 9 heteroatoms. The van der Waals surface area contributed by atoms with Crippen molar-refractivity contribution < 1.29 is 18.7 Å². The Labute approximate surface area is 195 Å². The Kier molecular flexibility index (Phi) is 4.90. The molecule has 0 unspecified atom stereocenters. The van der Waals surface area contributed by atoms with Crippen LogP contribution in [-0.4, -0.2) is 41.0 Å². The number of aromatic nitrogens is 2. The minimum absolute atomic E-state index is 0.0448. The lowest BCUT2D eigenvalue weighted by Crippen LogP contribution is -2.40. The predicted molar refractivity (Wildman–Crippen MR) is 125 cm³/mol. The molecule has 0 aliphatic carbocycles. The van der Waals surface area contributed by atoms with Gasteiger partial charge in [-0.25, -0.2) is 14.4 Å². The monoisotopic (exact) mass is 459 g/mol. The molecule has 1 aromatic carbocycles. The molecule has 3 aliphatic rings. The average molecular weight is 459 g/mol. The summed E-state index contributed by atoms with van der Waals surface area (Å²) in [4.78, 5) is 36.3.